The van der Waals surface area contributed by atoms with E-state index in [1.165, 1.54) is 6.42 Å². The molecule has 0 aliphatic carbocycles. The molecule has 0 spiro atoms. The van der Waals surface area contributed by atoms with Gasteiger partial charge in [0.2, 0.25) is 0 Å². The Morgan fingerprint density at radius 2 is 2.27 bits per heavy atom. The van der Waals surface area contributed by atoms with E-state index in [9.17, 15) is 5.11 Å². The number of hydrogen-bond donors (Lipinski definition) is 2. The SMILES string of the molecule is CC1CCN(CCCCC(N)=S)C1CO. The fraction of sp³-hybridized carbons (Fsp3) is 0.909. The Morgan fingerprint density at radius 3 is 2.87 bits per heavy atom. The molecule has 0 aromatic rings. The Bertz CT molecular complexity index is 211. The Labute approximate surface area is 97.6 Å². The van der Waals surface area contributed by atoms with E-state index in [1.54, 1.807) is 0 Å². The van der Waals surface area contributed by atoms with Crippen LogP contribution in [0, 0.1) is 5.92 Å². The average molecular weight is 230 g/mol. The van der Waals surface area contributed by atoms with Crippen LogP contribution in [0.25, 0.3) is 0 Å². The molecule has 88 valence electrons. The number of thiocarbonyl (C=S) groups is 1. The maximum atomic E-state index is 9.27. The summed E-state index contributed by atoms with van der Waals surface area (Å²) in [6.45, 7) is 4.70. The highest BCUT2D eigenvalue weighted by atomic mass is 32.1. The number of aliphatic hydroxyl groups is 1. The van der Waals surface area contributed by atoms with Gasteiger partial charge >= 0.3 is 0 Å². The van der Waals surface area contributed by atoms with E-state index in [0.29, 0.717) is 16.9 Å². The molecule has 4 heteroatoms. The highest BCUT2D eigenvalue weighted by molar-refractivity contribution is 7.80. The van der Waals surface area contributed by atoms with Crippen LogP contribution in [0.4, 0.5) is 0 Å². The predicted octanol–water partition coefficient (Wildman–Crippen LogP) is 1.15. The number of nitrogens with two attached hydrogens (primary N) is 1. The molecule has 3 nitrogen and oxygen atoms in total. The van der Waals surface area contributed by atoms with Gasteiger partial charge in [-0.3, -0.25) is 4.90 Å². The zero-order valence-electron chi connectivity index (χ0n) is 9.48. The maximum absolute atomic E-state index is 9.27. The molecule has 1 aliphatic heterocycles. The number of nitrogens with zero attached hydrogens (tertiary/aromatic N) is 1. The number of rotatable bonds is 6. The molecular weight excluding hydrogens is 208 g/mol. The van der Waals surface area contributed by atoms with Crippen LogP contribution in [0.5, 0.6) is 0 Å². The number of likely N-dealkylation sites (tertiary alicyclic amines) is 1. The van der Waals surface area contributed by atoms with Gasteiger partial charge < -0.3 is 10.8 Å². The Kier molecular flexibility index (Phi) is 5.50. The summed E-state index contributed by atoms with van der Waals surface area (Å²) in [4.78, 5) is 3.01. The number of aliphatic hydroxyl groups excluding tert-OH is 1. The largest absolute Gasteiger partial charge is 0.395 e. The minimum absolute atomic E-state index is 0.288. The normalized spacial score (nSPS) is 27.1. The third-order valence-corrected chi connectivity index (χ3v) is 3.51. The summed E-state index contributed by atoms with van der Waals surface area (Å²) in [5, 5.41) is 9.27. The predicted molar refractivity (Wildman–Crippen MR) is 66.9 cm³/mol. The quantitative estimate of drug-likeness (QED) is 0.531. The van der Waals surface area contributed by atoms with Gasteiger partial charge in [0.15, 0.2) is 0 Å². The molecule has 0 saturated carbocycles. The number of hydrogen-bond acceptors (Lipinski definition) is 3. The summed E-state index contributed by atoms with van der Waals surface area (Å²) in [6.07, 6.45) is 4.25. The minimum Gasteiger partial charge on any atom is -0.395 e. The molecule has 0 bridgehead atoms. The van der Waals surface area contributed by atoms with Gasteiger partial charge in [0, 0.05) is 6.04 Å². The second-order valence-corrected chi connectivity index (χ2v) is 5.00. The fourth-order valence-corrected chi connectivity index (χ4v) is 2.42. The van der Waals surface area contributed by atoms with Gasteiger partial charge in [-0.05, 0) is 44.7 Å². The van der Waals surface area contributed by atoms with E-state index in [-0.39, 0.29) is 6.61 Å². The minimum atomic E-state index is 0.288. The van der Waals surface area contributed by atoms with Crippen LogP contribution in [0.1, 0.15) is 32.6 Å². The third kappa shape index (κ3) is 4.05. The van der Waals surface area contributed by atoms with E-state index in [4.69, 9.17) is 18.0 Å². The van der Waals surface area contributed by atoms with Crippen LogP contribution in [-0.2, 0) is 0 Å². The Balaban J connectivity index is 2.18. The van der Waals surface area contributed by atoms with Crippen LogP contribution in [0.15, 0.2) is 0 Å². The zero-order chi connectivity index (χ0) is 11.3. The van der Waals surface area contributed by atoms with E-state index >= 15 is 0 Å². The van der Waals surface area contributed by atoms with Gasteiger partial charge in [-0.15, -0.1) is 0 Å². The van der Waals surface area contributed by atoms with E-state index in [2.05, 4.69) is 11.8 Å². The van der Waals surface area contributed by atoms with Crippen molar-refractivity contribution in [3.05, 3.63) is 0 Å². The molecule has 3 N–H and O–H groups in total. The highest BCUT2D eigenvalue weighted by Gasteiger charge is 2.29. The molecule has 2 unspecified atom stereocenters. The van der Waals surface area contributed by atoms with Gasteiger partial charge in [0.25, 0.3) is 0 Å². The molecule has 0 amide bonds. The van der Waals surface area contributed by atoms with Crippen molar-refractivity contribution in [3.8, 4) is 0 Å². The topological polar surface area (TPSA) is 49.5 Å². The molecule has 1 aliphatic rings. The van der Waals surface area contributed by atoms with Crippen molar-refractivity contribution < 1.29 is 5.11 Å². The van der Waals surface area contributed by atoms with Crippen LogP contribution in [-0.4, -0.2) is 40.7 Å². The molecule has 0 radical (unpaired) electrons. The van der Waals surface area contributed by atoms with Crippen LogP contribution in [0.2, 0.25) is 0 Å². The van der Waals surface area contributed by atoms with Crippen LogP contribution in [0.3, 0.4) is 0 Å². The van der Waals surface area contributed by atoms with Gasteiger partial charge in [0.05, 0.1) is 11.6 Å². The molecule has 1 saturated heterocycles. The summed E-state index contributed by atoms with van der Waals surface area (Å²) >= 11 is 4.83. The monoisotopic (exact) mass is 230 g/mol. The van der Waals surface area contributed by atoms with Crippen molar-refractivity contribution in [1.82, 2.24) is 4.90 Å². The molecule has 1 heterocycles. The summed E-state index contributed by atoms with van der Waals surface area (Å²) in [5.41, 5.74) is 5.44. The van der Waals surface area contributed by atoms with Crippen LogP contribution < -0.4 is 5.73 Å². The lowest BCUT2D eigenvalue weighted by Gasteiger charge is -2.24. The summed E-state index contributed by atoms with van der Waals surface area (Å²) in [5.74, 6) is 0.630. The second kappa shape index (κ2) is 6.40. The smallest absolute Gasteiger partial charge is 0.0727 e. The first-order chi connectivity index (χ1) is 7.15. The lowest BCUT2D eigenvalue weighted by molar-refractivity contribution is 0.138. The van der Waals surface area contributed by atoms with Crippen molar-refractivity contribution in [2.45, 2.75) is 38.6 Å². The van der Waals surface area contributed by atoms with Crippen molar-refractivity contribution >= 4 is 17.2 Å². The standard InChI is InChI=1S/C11H22N2OS/c1-9-5-7-13(10(9)8-14)6-3-2-4-11(12)15/h9-10,14H,2-8H2,1H3,(H2,12,15). The highest BCUT2D eigenvalue weighted by Crippen LogP contribution is 2.23. The lowest BCUT2D eigenvalue weighted by Crippen LogP contribution is -2.35. The van der Waals surface area contributed by atoms with E-state index < -0.39 is 0 Å². The summed E-state index contributed by atoms with van der Waals surface area (Å²) in [6, 6.07) is 0.370. The average Bonchev–Trinajstić information content (AvgIpc) is 2.53. The first-order valence-corrected chi connectivity index (χ1v) is 6.19. The maximum Gasteiger partial charge on any atom is 0.0727 e. The van der Waals surface area contributed by atoms with Crippen molar-refractivity contribution in [1.29, 1.82) is 0 Å². The molecular formula is C11H22N2OS. The third-order valence-electron chi connectivity index (χ3n) is 3.30. The Morgan fingerprint density at radius 1 is 1.53 bits per heavy atom. The summed E-state index contributed by atoms with van der Waals surface area (Å²) in [7, 11) is 0. The van der Waals surface area contributed by atoms with Crippen molar-refractivity contribution in [2.75, 3.05) is 19.7 Å². The lowest BCUT2D eigenvalue weighted by atomic mass is 10.0. The molecule has 1 rings (SSSR count). The Hall–Kier alpha value is -0.190. The second-order valence-electron chi connectivity index (χ2n) is 4.48. The first kappa shape index (κ1) is 12.9. The molecule has 1 fully saturated rings. The fourth-order valence-electron chi connectivity index (χ4n) is 2.27. The number of unbranched alkanes of at least 4 members (excludes halogenated alkanes) is 1. The zero-order valence-corrected chi connectivity index (χ0v) is 10.3. The molecule has 0 aromatic carbocycles. The van der Waals surface area contributed by atoms with Gasteiger partial charge in [-0.2, -0.15) is 0 Å². The van der Waals surface area contributed by atoms with Gasteiger partial charge in [-0.1, -0.05) is 19.1 Å². The molecule has 2 atom stereocenters. The van der Waals surface area contributed by atoms with Gasteiger partial charge in [-0.25, -0.2) is 0 Å². The van der Waals surface area contributed by atoms with Crippen molar-refractivity contribution in [3.63, 3.8) is 0 Å². The molecule has 0 aromatic heterocycles. The molecule has 15 heavy (non-hydrogen) atoms. The van der Waals surface area contributed by atoms with E-state index in [0.717, 1.165) is 32.4 Å². The summed E-state index contributed by atoms with van der Waals surface area (Å²) < 4.78 is 0. The first-order valence-electron chi connectivity index (χ1n) is 5.78. The van der Waals surface area contributed by atoms with E-state index in [1.807, 2.05) is 0 Å². The van der Waals surface area contributed by atoms with Gasteiger partial charge in [0.1, 0.15) is 0 Å². The van der Waals surface area contributed by atoms with Crippen LogP contribution >= 0.6 is 12.2 Å². The van der Waals surface area contributed by atoms with Crippen molar-refractivity contribution in [2.24, 2.45) is 11.7 Å².